The molecule has 0 saturated heterocycles. The fourth-order valence-electron chi connectivity index (χ4n) is 2.20. The molecule has 2 aromatic carbocycles. The van der Waals surface area contributed by atoms with E-state index in [-0.39, 0.29) is 12.3 Å². The van der Waals surface area contributed by atoms with E-state index in [4.69, 9.17) is 5.73 Å². The second-order valence-corrected chi connectivity index (χ2v) is 6.08. The molecule has 2 amide bonds. The van der Waals surface area contributed by atoms with Crippen LogP contribution in [0.25, 0.3) is 0 Å². The van der Waals surface area contributed by atoms with Crippen LogP contribution in [0.15, 0.2) is 53.0 Å². The number of hydrogen-bond acceptors (Lipinski definition) is 2. The molecule has 0 spiro atoms. The van der Waals surface area contributed by atoms with Crippen molar-refractivity contribution in [1.29, 1.82) is 0 Å². The fraction of sp³-hybridized carbons (Fsp3) is 0.176. The summed E-state index contributed by atoms with van der Waals surface area (Å²) in [4.78, 5) is 23.6. The van der Waals surface area contributed by atoms with Gasteiger partial charge in [0.1, 0.15) is 11.9 Å². The molecular weight excluding hydrogens is 363 g/mol. The lowest BCUT2D eigenvalue weighted by atomic mass is 10.0. The van der Waals surface area contributed by atoms with Gasteiger partial charge < -0.3 is 11.1 Å². The normalized spacial score (nSPS) is 11.7. The topological polar surface area (TPSA) is 72.2 Å². The first-order chi connectivity index (χ1) is 10.9. The molecular formula is C17H16BrFN2O2. The van der Waals surface area contributed by atoms with Gasteiger partial charge in [-0.05, 0) is 35.4 Å². The maximum atomic E-state index is 13.1. The Morgan fingerprint density at radius 1 is 1.13 bits per heavy atom. The van der Waals surface area contributed by atoms with Gasteiger partial charge >= 0.3 is 0 Å². The number of carbonyl (C=O) groups excluding carboxylic acids is 2. The van der Waals surface area contributed by atoms with Crippen LogP contribution in [0.4, 0.5) is 4.39 Å². The monoisotopic (exact) mass is 378 g/mol. The van der Waals surface area contributed by atoms with Crippen LogP contribution in [-0.4, -0.2) is 17.9 Å². The largest absolute Gasteiger partial charge is 0.368 e. The highest BCUT2D eigenvalue weighted by Crippen LogP contribution is 2.13. The highest BCUT2D eigenvalue weighted by atomic mass is 79.9. The zero-order valence-corrected chi connectivity index (χ0v) is 13.8. The van der Waals surface area contributed by atoms with Crippen LogP contribution < -0.4 is 11.1 Å². The highest BCUT2D eigenvalue weighted by Gasteiger charge is 2.19. The summed E-state index contributed by atoms with van der Waals surface area (Å²) >= 11 is 3.35. The van der Waals surface area contributed by atoms with Crippen molar-refractivity contribution in [3.63, 3.8) is 0 Å². The van der Waals surface area contributed by atoms with E-state index in [0.29, 0.717) is 12.0 Å². The van der Waals surface area contributed by atoms with Crippen LogP contribution in [0.2, 0.25) is 0 Å². The molecule has 0 unspecified atom stereocenters. The Morgan fingerprint density at radius 2 is 1.83 bits per heavy atom. The van der Waals surface area contributed by atoms with Crippen LogP contribution in [0.5, 0.6) is 0 Å². The molecule has 4 nitrogen and oxygen atoms in total. The van der Waals surface area contributed by atoms with Crippen molar-refractivity contribution in [2.45, 2.75) is 18.9 Å². The summed E-state index contributed by atoms with van der Waals surface area (Å²) in [6.45, 7) is 0. The second kappa shape index (κ2) is 7.87. The summed E-state index contributed by atoms with van der Waals surface area (Å²) < 4.78 is 14.0. The number of nitrogens with two attached hydrogens (primary N) is 1. The molecule has 0 heterocycles. The van der Waals surface area contributed by atoms with E-state index in [1.165, 1.54) is 18.2 Å². The Labute approximate surface area is 142 Å². The third kappa shape index (κ3) is 5.49. The minimum absolute atomic E-state index is 0.0139. The molecule has 23 heavy (non-hydrogen) atoms. The van der Waals surface area contributed by atoms with E-state index in [2.05, 4.69) is 21.2 Å². The first-order valence-corrected chi connectivity index (χ1v) is 7.81. The summed E-state index contributed by atoms with van der Waals surface area (Å²) in [5, 5.41) is 2.60. The Balaban J connectivity index is 2.01. The quantitative estimate of drug-likeness (QED) is 0.809. The molecule has 0 aliphatic carbocycles. The minimum Gasteiger partial charge on any atom is -0.368 e. The van der Waals surface area contributed by atoms with Gasteiger partial charge in [0, 0.05) is 10.9 Å². The molecule has 0 aliphatic heterocycles. The zero-order chi connectivity index (χ0) is 16.8. The maximum absolute atomic E-state index is 13.1. The summed E-state index contributed by atoms with van der Waals surface area (Å²) in [7, 11) is 0. The Bertz CT molecular complexity index is 721. The third-order valence-electron chi connectivity index (χ3n) is 3.26. The van der Waals surface area contributed by atoms with E-state index in [0.717, 1.165) is 10.0 Å². The number of benzene rings is 2. The maximum Gasteiger partial charge on any atom is 0.240 e. The van der Waals surface area contributed by atoms with Gasteiger partial charge in [0.15, 0.2) is 0 Å². The molecule has 0 bridgehead atoms. The molecule has 0 fully saturated rings. The summed E-state index contributed by atoms with van der Waals surface area (Å²) in [5.41, 5.74) is 6.77. The molecule has 120 valence electrons. The van der Waals surface area contributed by atoms with E-state index in [1.54, 1.807) is 6.07 Å². The number of hydrogen-bond donors (Lipinski definition) is 2. The van der Waals surface area contributed by atoms with Crippen molar-refractivity contribution in [2.24, 2.45) is 5.73 Å². The number of rotatable bonds is 6. The van der Waals surface area contributed by atoms with Gasteiger partial charge in [0.25, 0.3) is 0 Å². The lowest BCUT2D eigenvalue weighted by Crippen LogP contribution is -2.46. The second-order valence-electron chi connectivity index (χ2n) is 5.16. The van der Waals surface area contributed by atoms with Gasteiger partial charge in [-0.25, -0.2) is 4.39 Å². The average molecular weight is 379 g/mol. The van der Waals surface area contributed by atoms with Crippen LogP contribution in [0, 0.1) is 5.82 Å². The SMILES string of the molecule is NC(=O)[C@@H](Cc1cccc(Br)c1)NC(=O)Cc1cccc(F)c1. The number of nitrogens with one attached hydrogen (secondary N) is 1. The van der Waals surface area contributed by atoms with E-state index < -0.39 is 17.8 Å². The minimum atomic E-state index is -0.814. The molecule has 0 saturated carbocycles. The summed E-state index contributed by atoms with van der Waals surface area (Å²) in [6, 6.07) is 12.4. The van der Waals surface area contributed by atoms with Crippen LogP contribution in [0.3, 0.4) is 0 Å². The molecule has 3 N–H and O–H groups in total. The van der Waals surface area contributed by atoms with Gasteiger partial charge in [0.2, 0.25) is 11.8 Å². The van der Waals surface area contributed by atoms with Crippen molar-refractivity contribution in [3.8, 4) is 0 Å². The zero-order valence-electron chi connectivity index (χ0n) is 12.3. The molecule has 0 aromatic heterocycles. The predicted molar refractivity (Wildman–Crippen MR) is 89.1 cm³/mol. The van der Waals surface area contributed by atoms with Crippen LogP contribution in [-0.2, 0) is 22.4 Å². The molecule has 2 rings (SSSR count). The Hall–Kier alpha value is -2.21. The Morgan fingerprint density at radius 3 is 2.48 bits per heavy atom. The van der Waals surface area contributed by atoms with Crippen molar-refractivity contribution in [1.82, 2.24) is 5.32 Å². The number of carbonyl (C=O) groups is 2. The van der Waals surface area contributed by atoms with Gasteiger partial charge in [-0.15, -0.1) is 0 Å². The van der Waals surface area contributed by atoms with Crippen molar-refractivity contribution in [2.75, 3.05) is 0 Å². The highest BCUT2D eigenvalue weighted by molar-refractivity contribution is 9.10. The molecule has 6 heteroatoms. The van der Waals surface area contributed by atoms with Crippen molar-refractivity contribution < 1.29 is 14.0 Å². The first-order valence-electron chi connectivity index (χ1n) is 7.01. The van der Waals surface area contributed by atoms with Gasteiger partial charge in [-0.1, -0.05) is 40.2 Å². The van der Waals surface area contributed by atoms with Gasteiger partial charge in [-0.3, -0.25) is 9.59 Å². The van der Waals surface area contributed by atoms with Crippen molar-refractivity contribution >= 4 is 27.7 Å². The summed E-state index contributed by atoms with van der Waals surface area (Å²) in [6.07, 6.45) is 0.281. The molecule has 1 atom stereocenters. The molecule has 0 radical (unpaired) electrons. The fourth-order valence-corrected chi connectivity index (χ4v) is 2.65. The number of primary amides is 1. The first kappa shape index (κ1) is 17.1. The number of amides is 2. The van der Waals surface area contributed by atoms with Gasteiger partial charge in [-0.2, -0.15) is 0 Å². The van der Waals surface area contributed by atoms with E-state index in [1.807, 2.05) is 24.3 Å². The third-order valence-corrected chi connectivity index (χ3v) is 3.75. The lowest BCUT2D eigenvalue weighted by Gasteiger charge is -2.16. The Kier molecular flexibility index (Phi) is 5.87. The van der Waals surface area contributed by atoms with Crippen molar-refractivity contribution in [3.05, 3.63) is 69.9 Å². The number of halogens is 2. The predicted octanol–water partition coefficient (Wildman–Crippen LogP) is 2.34. The average Bonchev–Trinajstić information content (AvgIpc) is 2.46. The lowest BCUT2D eigenvalue weighted by molar-refractivity contribution is -0.127. The van der Waals surface area contributed by atoms with E-state index >= 15 is 0 Å². The van der Waals surface area contributed by atoms with E-state index in [9.17, 15) is 14.0 Å². The molecule has 2 aromatic rings. The smallest absolute Gasteiger partial charge is 0.240 e. The standard InChI is InChI=1S/C17H16BrFN2O2/c18-13-5-1-3-11(7-13)9-15(17(20)23)21-16(22)10-12-4-2-6-14(19)8-12/h1-8,15H,9-10H2,(H2,20,23)(H,21,22)/t15-/m1/s1. The summed E-state index contributed by atoms with van der Waals surface area (Å²) in [5.74, 6) is -1.40. The molecule has 0 aliphatic rings. The van der Waals surface area contributed by atoms with Crippen LogP contribution in [0.1, 0.15) is 11.1 Å². The van der Waals surface area contributed by atoms with Gasteiger partial charge in [0.05, 0.1) is 6.42 Å². The van der Waals surface area contributed by atoms with Crippen LogP contribution >= 0.6 is 15.9 Å².